The van der Waals surface area contributed by atoms with E-state index in [1.165, 1.54) is 5.56 Å². The van der Waals surface area contributed by atoms with Crippen LogP contribution in [0.5, 0.6) is 5.75 Å². The molecule has 1 amide bonds. The van der Waals surface area contributed by atoms with Crippen LogP contribution in [0, 0.1) is 5.92 Å². The zero-order valence-electron chi connectivity index (χ0n) is 15.5. The molecular weight excluding hydrogens is 368 g/mol. The van der Waals surface area contributed by atoms with Crippen LogP contribution in [0.15, 0.2) is 60.7 Å². The van der Waals surface area contributed by atoms with Gasteiger partial charge in [-0.1, -0.05) is 42.5 Å². The summed E-state index contributed by atoms with van der Waals surface area (Å²) in [6.07, 6.45) is 0. The molecule has 2 N–H and O–H groups in total. The van der Waals surface area contributed by atoms with E-state index in [0.717, 1.165) is 33.2 Å². The average Bonchev–Trinajstić information content (AvgIpc) is 3.38. The second kappa shape index (κ2) is 7.08. The molecule has 1 saturated heterocycles. The summed E-state index contributed by atoms with van der Waals surface area (Å²) >= 11 is 1.58. The van der Waals surface area contributed by atoms with Gasteiger partial charge in [0.25, 0.3) is 5.91 Å². The molecule has 2 aliphatic rings. The molecule has 0 saturated carbocycles. The van der Waals surface area contributed by atoms with Gasteiger partial charge >= 0.3 is 0 Å². The number of benzene rings is 2. The van der Waals surface area contributed by atoms with Crippen molar-refractivity contribution in [2.24, 2.45) is 11.7 Å². The van der Waals surface area contributed by atoms with Gasteiger partial charge in [-0.3, -0.25) is 4.79 Å². The number of hydrogen-bond acceptors (Lipinski definition) is 4. The minimum absolute atomic E-state index is 0.105. The number of nitrogens with two attached hydrogens (primary N) is 1. The molecule has 0 aliphatic carbocycles. The third kappa shape index (κ3) is 2.91. The summed E-state index contributed by atoms with van der Waals surface area (Å²) in [5.74, 6) is 1.59. The van der Waals surface area contributed by atoms with Crippen molar-refractivity contribution in [2.45, 2.75) is 12.5 Å². The highest BCUT2D eigenvalue weighted by Gasteiger charge is 2.36. The van der Waals surface area contributed by atoms with Crippen LogP contribution in [-0.4, -0.2) is 30.4 Å². The number of amides is 1. The minimum atomic E-state index is 0.105. The van der Waals surface area contributed by atoms with Gasteiger partial charge in [-0.25, -0.2) is 0 Å². The smallest absolute Gasteiger partial charge is 0.263 e. The van der Waals surface area contributed by atoms with E-state index in [2.05, 4.69) is 30.3 Å². The Kier molecular flexibility index (Phi) is 4.41. The quantitative estimate of drug-likeness (QED) is 0.732. The molecule has 2 atom stereocenters. The fraction of sp³-hybridized carbons (Fsp3) is 0.261. The van der Waals surface area contributed by atoms with Gasteiger partial charge < -0.3 is 15.4 Å². The molecule has 5 heteroatoms. The van der Waals surface area contributed by atoms with E-state index in [-0.39, 0.29) is 5.91 Å². The molecule has 1 fully saturated rings. The molecule has 0 bridgehead atoms. The largest absolute Gasteiger partial charge is 0.488 e. The Balaban J connectivity index is 1.42. The van der Waals surface area contributed by atoms with Crippen LogP contribution in [0.1, 0.15) is 26.7 Å². The van der Waals surface area contributed by atoms with Gasteiger partial charge in [0.1, 0.15) is 12.4 Å². The molecule has 1 aromatic heterocycles. The Hall–Kier alpha value is -2.63. The number of nitrogens with zero attached hydrogens (tertiary/aromatic N) is 1. The summed E-state index contributed by atoms with van der Waals surface area (Å²) in [7, 11) is 0. The third-order valence-electron chi connectivity index (χ3n) is 5.79. The van der Waals surface area contributed by atoms with Gasteiger partial charge in [-0.05, 0) is 36.2 Å². The van der Waals surface area contributed by atoms with Crippen LogP contribution in [0.4, 0.5) is 0 Å². The predicted molar refractivity (Wildman–Crippen MR) is 112 cm³/mol. The topological polar surface area (TPSA) is 55.6 Å². The fourth-order valence-electron chi connectivity index (χ4n) is 4.31. The van der Waals surface area contributed by atoms with Crippen LogP contribution < -0.4 is 10.5 Å². The molecule has 5 rings (SSSR count). The first-order valence-electron chi connectivity index (χ1n) is 9.64. The van der Waals surface area contributed by atoms with Crippen LogP contribution in [0.2, 0.25) is 0 Å². The van der Waals surface area contributed by atoms with Crippen molar-refractivity contribution in [3.05, 3.63) is 76.7 Å². The van der Waals surface area contributed by atoms with E-state index in [0.29, 0.717) is 31.5 Å². The SMILES string of the molecule is NC[C@@H]1CN(C(=O)c2cc3c(s2)-c2ccccc2OC3)C[C@H]1c1ccccc1. The van der Waals surface area contributed by atoms with Crippen molar-refractivity contribution in [1.29, 1.82) is 0 Å². The number of thiophene rings is 1. The second-order valence-corrected chi connectivity index (χ2v) is 8.53. The zero-order chi connectivity index (χ0) is 19.1. The van der Waals surface area contributed by atoms with Crippen LogP contribution >= 0.6 is 11.3 Å². The summed E-state index contributed by atoms with van der Waals surface area (Å²) in [6, 6.07) is 20.4. The maximum Gasteiger partial charge on any atom is 0.263 e. The molecule has 0 unspecified atom stereocenters. The van der Waals surface area contributed by atoms with Gasteiger partial charge in [0.05, 0.1) is 4.88 Å². The van der Waals surface area contributed by atoms with Gasteiger partial charge in [-0.2, -0.15) is 0 Å². The van der Waals surface area contributed by atoms with Crippen molar-refractivity contribution >= 4 is 17.2 Å². The maximum atomic E-state index is 13.3. The number of ether oxygens (including phenoxy) is 1. The molecule has 3 aromatic rings. The number of carbonyl (C=O) groups is 1. The van der Waals surface area contributed by atoms with E-state index >= 15 is 0 Å². The van der Waals surface area contributed by atoms with Gasteiger partial charge in [-0.15, -0.1) is 11.3 Å². The maximum absolute atomic E-state index is 13.3. The minimum Gasteiger partial charge on any atom is -0.488 e. The third-order valence-corrected chi connectivity index (χ3v) is 6.99. The Labute approximate surface area is 168 Å². The number of para-hydroxylation sites is 1. The average molecular weight is 391 g/mol. The number of rotatable bonds is 3. The standard InChI is InChI=1S/C23H22N2O2S/c24-11-17-12-25(13-19(17)15-6-2-1-3-7-15)23(26)21-10-16-14-27-20-9-5-4-8-18(20)22(16)28-21/h1-10,17,19H,11-14,24H2/t17-,19+/m1/s1. The molecule has 0 spiro atoms. The first-order chi connectivity index (χ1) is 13.7. The van der Waals surface area contributed by atoms with E-state index in [1.807, 2.05) is 35.2 Å². The summed E-state index contributed by atoms with van der Waals surface area (Å²) < 4.78 is 5.84. The molecule has 28 heavy (non-hydrogen) atoms. The lowest BCUT2D eigenvalue weighted by molar-refractivity contribution is 0.0791. The lowest BCUT2D eigenvalue weighted by Crippen LogP contribution is -2.29. The van der Waals surface area contributed by atoms with Crippen molar-refractivity contribution in [1.82, 2.24) is 4.90 Å². The van der Waals surface area contributed by atoms with Crippen molar-refractivity contribution in [3.8, 4) is 16.2 Å². The van der Waals surface area contributed by atoms with Gasteiger partial charge in [0, 0.05) is 35.0 Å². The van der Waals surface area contributed by atoms with Gasteiger partial charge in [0.15, 0.2) is 0 Å². The first-order valence-corrected chi connectivity index (χ1v) is 10.5. The van der Waals surface area contributed by atoms with Crippen LogP contribution in [0.3, 0.4) is 0 Å². The van der Waals surface area contributed by atoms with Crippen molar-refractivity contribution in [2.75, 3.05) is 19.6 Å². The molecule has 3 heterocycles. The van der Waals surface area contributed by atoms with E-state index < -0.39 is 0 Å². The highest BCUT2D eigenvalue weighted by atomic mass is 32.1. The number of hydrogen-bond donors (Lipinski definition) is 1. The molecule has 2 aliphatic heterocycles. The lowest BCUT2D eigenvalue weighted by Gasteiger charge is -2.16. The first kappa shape index (κ1) is 17.5. The Morgan fingerprint density at radius 1 is 1.11 bits per heavy atom. The molecule has 4 nitrogen and oxygen atoms in total. The Bertz CT molecular complexity index is 1010. The molecular formula is C23H22N2O2S. The molecule has 2 aromatic carbocycles. The van der Waals surface area contributed by atoms with E-state index in [9.17, 15) is 4.79 Å². The highest BCUT2D eigenvalue weighted by Crippen LogP contribution is 2.43. The number of likely N-dealkylation sites (tertiary alicyclic amines) is 1. The normalized spacial score (nSPS) is 20.4. The van der Waals surface area contributed by atoms with E-state index in [4.69, 9.17) is 10.5 Å². The monoisotopic (exact) mass is 390 g/mol. The lowest BCUT2D eigenvalue weighted by atomic mass is 9.89. The van der Waals surface area contributed by atoms with Crippen molar-refractivity contribution in [3.63, 3.8) is 0 Å². The molecule has 142 valence electrons. The number of carbonyl (C=O) groups excluding carboxylic acids is 1. The van der Waals surface area contributed by atoms with Gasteiger partial charge in [0.2, 0.25) is 0 Å². The second-order valence-electron chi connectivity index (χ2n) is 7.47. The van der Waals surface area contributed by atoms with Crippen LogP contribution in [0.25, 0.3) is 10.4 Å². The van der Waals surface area contributed by atoms with Crippen LogP contribution in [-0.2, 0) is 6.61 Å². The summed E-state index contributed by atoms with van der Waals surface area (Å²) in [5.41, 5.74) is 9.49. The predicted octanol–water partition coefficient (Wildman–Crippen LogP) is 4.12. The highest BCUT2D eigenvalue weighted by molar-refractivity contribution is 7.17. The molecule has 0 radical (unpaired) electrons. The summed E-state index contributed by atoms with van der Waals surface area (Å²) in [6.45, 7) is 2.55. The summed E-state index contributed by atoms with van der Waals surface area (Å²) in [4.78, 5) is 17.2. The fourth-order valence-corrected chi connectivity index (χ4v) is 5.48. The Morgan fingerprint density at radius 3 is 2.71 bits per heavy atom. The zero-order valence-corrected chi connectivity index (χ0v) is 16.3. The van der Waals surface area contributed by atoms with E-state index in [1.54, 1.807) is 11.3 Å². The number of fused-ring (bicyclic) bond motifs is 3. The summed E-state index contributed by atoms with van der Waals surface area (Å²) in [5, 5.41) is 0. The Morgan fingerprint density at radius 2 is 1.89 bits per heavy atom. The van der Waals surface area contributed by atoms with Crippen molar-refractivity contribution < 1.29 is 9.53 Å².